The van der Waals surface area contributed by atoms with E-state index in [0.717, 1.165) is 0 Å². The number of β-amino-alcohol motifs (C(OH)–C–C–N with tert-alkyl or cyclic N) is 2. The van der Waals surface area contributed by atoms with Gasteiger partial charge in [-0.1, -0.05) is 24.3 Å². The Morgan fingerprint density at radius 3 is 2.47 bits per heavy atom. The van der Waals surface area contributed by atoms with Crippen LogP contribution in [0.15, 0.2) is 24.3 Å². The molecule has 1 aromatic carbocycles. The molecule has 19 heavy (non-hydrogen) atoms. The van der Waals surface area contributed by atoms with Crippen molar-refractivity contribution in [3.63, 3.8) is 0 Å². The van der Waals surface area contributed by atoms with E-state index in [1.807, 2.05) is 18.2 Å². The molecule has 0 saturated carbocycles. The molecule has 3 N–H and O–H groups in total. The highest BCUT2D eigenvalue weighted by Crippen LogP contribution is 2.19. The normalized spacial score (nSPS) is 30.2. The molecule has 2 aliphatic rings. The summed E-state index contributed by atoms with van der Waals surface area (Å²) in [4.78, 5) is 13.9. The molecule has 2 aliphatic heterocycles. The first-order valence-electron chi connectivity index (χ1n) is 6.60. The monoisotopic (exact) mass is 262 g/mol. The number of carbonyl (C=O) groups excluding carboxylic acids is 1. The molecular weight excluding hydrogens is 244 g/mol. The van der Waals surface area contributed by atoms with Gasteiger partial charge < -0.3 is 20.4 Å². The molecular formula is C14H18N2O3. The minimum Gasteiger partial charge on any atom is -0.388 e. The van der Waals surface area contributed by atoms with Gasteiger partial charge in [-0.3, -0.25) is 4.79 Å². The molecule has 1 saturated heterocycles. The number of benzene rings is 1. The van der Waals surface area contributed by atoms with E-state index >= 15 is 0 Å². The highest BCUT2D eigenvalue weighted by Gasteiger charge is 2.36. The Bertz CT molecular complexity index is 481. The molecule has 5 heteroatoms. The second-order valence-electron chi connectivity index (χ2n) is 5.28. The smallest absolute Gasteiger partial charge is 0.240 e. The van der Waals surface area contributed by atoms with Crippen molar-refractivity contribution in [1.29, 1.82) is 0 Å². The highest BCUT2D eigenvalue weighted by molar-refractivity contribution is 5.83. The molecule has 5 nitrogen and oxygen atoms in total. The Kier molecular flexibility index (Phi) is 3.26. The Morgan fingerprint density at radius 2 is 1.79 bits per heavy atom. The molecule has 0 radical (unpaired) electrons. The van der Waals surface area contributed by atoms with Crippen molar-refractivity contribution in [2.45, 2.75) is 31.2 Å². The maximum absolute atomic E-state index is 12.3. The van der Waals surface area contributed by atoms with Gasteiger partial charge in [0.2, 0.25) is 5.91 Å². The Balaban J connectivity index is 1.70. The lowest BCUT2D eigenvalue weighted by atomic mass is 9.95. The Labute approximate surface area is 111 Å². The van der Waals surface area contributed by atoms with Crippen LogP contribution in [0.1, 0.15) is 11.1 Å². The first-order valence-corrected chi connectivity index (χ1v) is 6.60. The molecule has 1 unspecified atom stereocenters. The minimum absolute atomic E-state index is 0.0369. The van der Waals surface area contributed by atoms with Crippen LogP contribution in [0.3, 0.4) is 0 Å². The molecule has 1 amide bonds. The lowest BCUT2D eigenvalue weighted by molar-refractivity contribution is -0.133. The first kappa shape index (κ1) is 12.6. The van der Waals surface area contributed by atoms with Gasteiger partial charge in [0.1, 0.15) is 0 Å². The number of aliphatic hydroxyl groups is 2. The Morgan fingerprint density at radius 1 is 1.16 bits per heavy atom. The number of fused-ring (bicyclic) bond motifs is 1. The van der Waals surface area contributed by atoms with Crippen LogP contribution in [0.25, 0.3) is 0 Å². The molecule has 0 aromatic heterocycles. The number of hydrogen-bond acceptors (Lipinski definition) is 4. The van der Waals surface area contributed by atoms with Crippen molar-refractivity contribution < 1.29 is 15.0 Å². The standard InChI is InChI=1S/C14H18N2O3/c17-12-7-16(8-13(12)18)14(19)11-5-9-3-1-2-4-10(9)6-15-11/h1-4,11-13,15,17-18H,5-8H2/t11?,12-,13+. The average Bonchev–Trinajstić information content (AvgIpc) is 2.77. The third kappa shape index (κ3) is 2.36. The third-order valence-corrected chi connectivity index (χ3v) is 3.95. The summed E-state index contributed by atoms with van der Waals surface area (Å²) in [6.45, 7) is 1.13. The Hall–Kier alpha value is -1.43. The van der Waals surface area contributed by atoms with E-state index in [2.05, 4.69) is 11.4 Å². The number of hydrogen-bond donors (Lipinski definition) is 3. The van der Waals surface area contributed by atoms with Crippen molar-refractivity contribution in [3.05, 3.63) is 35.4 Å². The molecule has 102 valence electrons. The van der Waals surface area contributed by atoms with Gasteiger partial charge in [-0.2, -0.15) is 0 Å². The van der Waals surface area contributed by atoms with Crippen molar-refractivity contribution in [1.82, 2.24) is 10.2 Å². The molecule has 3 rings (SSSR count). The molecule has 2 heterocycles. The fraction of sp³-hybridized carbons (Fsp3) is 0.500. The summed E-state index contributed by atoms with van der Waals surface area (Å²) in [6.07, 6.45) is -0.975. The molecule has 1 aromatic rings. The van der Waals surface area contributed by atoms with E-state index in [1.165, 1.54) is 11.1 Å². The zero-order chi connectivity index (χ0) is 13.4. The predicted octanol–water partition coefficient (Wildman–Crippen LogP) is -0.735. The number of likely N-dealkylation sites (tertiary alicyclic amines) is 1. The van der Waals surface area contributed by atoms with Crippen LogP contribution in [0, 0.1) is 0 Å². The SMILES string of the molecule is O=C(C1Cc2ccccc2CN1)N1C[C@@H](O)[C@@H](O)C1. The highest BCUT2D eigenvalue weighted by atomic mass is 16.3. The fourth-order valence-corrected chi connectivity index (χ4v) is 2.80. The zero-order valence-electron chi connectivity index (χ0n) is 10.6. The predicted molar refractivity (Wildman–Crippen MR) is 69.4 cm³/mol. The minimum atomic E-state index is -0.820. The summed E-state index contributed by atoms with van der Waals surface area (Å²) in [6, 6.07) is 7.83. The zero-order valence-corrected chi connectivity index (χ0v) is 10.6. The van der Waals surface area contributed by atoms with Gasteiger partial charge in [-0.25, -0.2) is 0 Å². The summed E-state index contributed by atoms with van der Waals surface area (Å²) in [7, 11) is 0. The van der Waals surface area contributed by atoms with Gasteiger partial charge in [-0.05, 0) is 17.5 Å². The van der Waals surface area contributed by atoms with E-state index in [9.17, 15) is 15.0 Å². The van der Waals surface area contributed by atoms with Crippen molar-refractivity contribution in [3.8, 4) is 0 Å². The van der Waals surface area contributed by atoms with Crippen LogP contribution < -0.4 is 5.32 Å². The summed E-state index contributed by atoms with van der Waals surface area (Å²) in [5, 5.41) is 22.2. The van der Waals surface area contributed by atoms with Crippen molar-refractivity contribution in [2.75, 3.05) is 13.1 Å². The van der Waals surface area contributed by atoms with Gasteiger partial charge in [0.15, 0.2) is 0 Å². The van der Waals surface area contributed by atoms with E-state index in [4.69, 9.17) is 0 Å². The second-order valence-corrected chi connectivity index (χ2v) is 5.28. The lowest BCUT2D eigenvalue weighted by Gasteiger charge is -2.28. The maximum Gasteiger partial charge on any atom is 0.240 e. The number of carbonyl (C=O) groups is 1. The van der Waals surface area contributed by atoms with Crippen LogP contribution in [0.4, 0.5) is 0 Å². The lowest BCUT2D eigenvalue weighted by Crippen LogP contribution is -2.49. The summed E-state index contributed by atoms with van der Waals surface area (Å²) in [5.41, 5.74) is 2.42. The third-order valence-electron chi connectivity index (χ3n) is 3.95. The molecule has 0 spiro atoms. The number of amides is 1. The molecule has 0 bridgehead atoms. The van der Waals surface area contributed by atoms with Gasteiger partial charge in [0, 0.05) is 19.6 Å². The number of nitrogens with zero attached hydrogens (tertiary/aromatic N) is 1. The van der Waals surface area contributed by atoms with E-state index in [1.54, 1.807) is 4.90 Å². The van der Waals surface area contributed by atoms with Crippen LogP contribution in [-0.4, -0.2) is 52.4 Å². The largest absolute Gasteiger partial charge is 0.388 e. The topological polar surface area (TPSA) is 72.8 Å². The second kappa shape index (κ2) is 4.92. The molecule has 0 aliphatic carbocycles. The van der Waals surface area contributed by atoms with Crippen LogP contribution in [0.5, 0.6) is 0 Å². The average molecular weight is 262 g/mol. The first-order chi connectivity index (χ1) is 9.15. The number of nitrogens with one attached hydrogen (secondary N) is 1. The van der Waals surface area contributed by atoms with Gasteiger partial charge in [0.05, 0.1) is 18.2 Å². The van der Waals surface area contributed by atoms with E-state index in [0.29, 0.717) is 13.0 Å². The quantitative estimate of drug-likeness (QED) is 0.623. The van der Waals surface area contributed by atoms with Gasteiger partial charge in [0.25, 0.3) is 0 Å². The molecule has 3 atom stereocenters. The summed E-state index contributed by atoms with van der Waals surface area (Å²) < 4.78 is 0. The van der Waals surface area contributed by atoms with E-state index < -0.39 is 12.2 Å². The van der Waals surface area contributed by atoms with Crippen LogP contribution >= 0.6 is 0 Å². The van der Waals surface area contributed by atoms with Gasteiger partial charge in [-0.15, -0.1) is 0 Å². The number of aliphatic hydroxyl groups excluding tert-OH is 2. The van der Waals surface area contributed by atoms with Crippen LogP contribution in [0.2, 0.25) is 0 Å². The van der Waals surface area contributed by atoms with Crippen LogP contribution in [-0.2, 0) is 17.8 Å². The van der Waals surface area contributed by atoms with Gasteiger partial charge >= 0.3 is 0 Å². The van der Waals surface area contributed by atoms with E-state index in [-0.39, 0.29) is 25.0 Å². The van der Waals surface area contributed by atoms with Crippen molar-refractivity contribution >= 4 is 5.91 Å². The van der Waals surface area contributed by atoms with Crippen molar-refractivity contribution in [2.24, 2.45) is 0 Å². The maximum atomic E-state index is 12.3. The fourth-order valence-electron chi connectivity index (χ4n) is 2.80. The summed E-state index contributed by atoms with van der Waals surface area (Å²) >= 11 is 0. The molecule has 1 fully saturated rings. The number of rotatable bonds is 1. The summed E-state index contributed by atoms with van der Waals surface area (Å²) in [5.74, 6) is -0.0369.